The van der Waals surface area contributed by atoms with E-state index in [2.05, 4.69) is 0 Å². The van der Waals surface area contributed by atoms with Gasteiger partial charge in [-0.05, 0) is 18.9 Å². The number of carbonyl (C=O) groups is 1. The predicted octanol–water partition coefficient (Wildman–Crippen LogP) is 1.63. The van der Waals surface area contributed by atoms with Crippen LogP contribution in [0.5, 0.6) is 5.75 Å². The van der Waals surface area contributed by atoms with E-state index in [0.717, 1.165) is 30.6 Å². The van der Waals surface area contributed by atoms with E-state index in [4.69, 9.17) is 9.47 Å². The van der Waals surface area contributed by atoms with Crippen molar-refractivity contribution in [3.63, 3.8) is 0 Å². The molecule has 23 heavy (non-hydrogen) atoms. The van der Waals surface area contributed by atoms with Crippen molar-refractivity contribution in [2.24, 2.45) is 5.92 Å². The minimum Gasteiger partial charge on any atom is -0.496 e. The maximum absolute atomic E-state index is 12.8. The highest BCUT2D eigenvalue weighted by molar-refractivity contribution is 5.80. The van der Waals surface area contributed by atoms with Crippen LogP contribution in [0.4, 0.5) is 0 Å². The SMILES string of the molecule is COc1ccccc1CC(=O)N1CCOCC1C1CCCC1O. The molecule has 1 saturated heterocycles. The van der Waals surface area contributed by atoms with E-state index in [1.807, 2.05) is 29.2 Å². The first-order chi connectivity index (χ1) is 11.2. The average Bonchev–Trinajstić information content (AvgIpc) is 3.01. The lowest BCUT2D eigenvalue weighted by Gasteiger charge is -2.40. The van der Waals surface area contributed by atoms with E-state index in [1.165, 1.54) is 0 Å². The number of morpholine rings is 1. The van der Waals surface area contributed by atoms with Gasteiger partial charge in [-0.1, -0.05) is 24.6 Å². The normalized spacial score (nSPS) is 27.9. The maximum Gasteiger partial charge on any atom is 0.227 e. The van der Waals surface area contributed by atoms with E-state index in [0.29, 0.717) is 26.2 Å². The summed E-state index contributed by atoms with van der Waals surface area (Å²) in [6.07, 6.45) is 2.83. The lowest BCUT2D eigenvalue weighted by Crippen LogP contribution is -2.54. The van der Waals surface area contributed by atoms with Crippen LogP contribution in [0.2, 0.25) is 0 Å². The fourth-order valence-corrected chi connectivity index (χ4v) is 3.82. The molecule has 0 spiro atoms. The summed E-state index contributed by atoms with van der Waals surface area (Å²) >= 11 is 0. The number of hydrogen-bond acceptors (Lipinski definition) is 4. The minimum absolute atomic E-state index is 0.0107. The summed E-state index contributed by atoms with van der Waals surface area (Å²) in [5, 5.41) is 10.2. The first-order valence-corrected chi connectivity index (χ1v) is 8.38. The lowest BCUT2D eigenvalue weighted by molar-refractivity contribution is -0.143. The van der Waals surface area contributed by atoms with E-state index < -0.39 is 0 Å². The number of rotatable bonds is 4. The molecule has 1 aromatic carbocycles. The highest BCUT2D eigenvalue weighted by atomic mass is 16.5. The molecule has 1 aromatic rings. The van der Waals surface area contributed by atoms with E-state index in [9.17, 15) is 9.90 Å². The first kappa shape index (κ1) is 16.3. The fraction of sp³-hybridized carbons (Fsp3) is 0.611. The Labute approximate surface area is 137 Å². The molecule has 0 radical (unpaired) electrons. The molecule has 0 bridgehead atoms. The summed E-state index contributed by atoms with van der Waals surface area (Å²) < 4.78 is 10.9. The molecule has 2 aliphatic rings. The summed E-state index contributed by atoms with van der Waals surface area (Å²) in [6, 6.07) is 7.61. The van der Waals surface area contributed by atoms with Crippen molar-refractivity contribution in [3.05, 3.63) is 29.8 Å². The number of para-hydroxylation sites is 1. The predicted molar refractivity (Wildman–Crippen MR) is 86.4 cm³/mol. The van der Waals surface area contributed by atoms with Crippen LogP contribution in [0, 0.1) is 5.92 Å². The maximum atomic E-state index is 12.8. The molecule has 3 atom stereocenters. The third kappa shape index (κ3) is 3.51. The molecule has 5 heteroatoms. The fourth-order valence-electron chi connectivity index (χ4n) is 3.82. The number of hydrogen-bond donors (Lipinski definition) is 1. The van der Waals surface area contributed by atoms with Crippen molar-refractivity contribution in [2.75, 3.05) is 26.9 Å². The number of carbonyl (C=O) groups excluding carboxylic acids is 1. The Morgan fingerprint density at radius 2 is 2.22 bits per heavy atom. The van der Waals surface area contributed by atoms with Crippen molar-refractivity contribution in [1.29, 1.82) is 0 Å². The highest BCUT2D eigenvalue weighted by Gasteiger charge is 2.39. The number of aliphatic hydroxyl groups is 1. The summed E-state index contributed by atoms with van der Waals surface area (Å²) in [7, 11) is 1.62. The zero-order valence-corrected chi connectivity index (χ0v) is 13.6. The van der Waals surface area contributed by atoms with Crippen LogP contribution in [0.15, 0.2) is 24.3 Å². The molecule has 2 fully saturated rings. The molecular weight excluding hydrogens is 294 g/mol. The van der Waals surface area contributed by atoms with Gasteiger partial charge in [0.05, 0.1) is 38.9 Å². The molecule has 1 amide bonds. The van der Waals surface area contributed by atoms with Gasteiger partial charge < -0.3 is 19.5 Å². The molecular formula is C18H25NO4. The molecule has 1 aliphatic heterocycles. The van der Waals surface area contributed by atoms with Gasteiger partial charge in [-0.2, -0.15) is 0 Å². The second kappa shape index (κ2) is 7.32. The van der Waals surface area contributed by atoms with Crippen LogP contribution < -0.4 is 4.74 Å². The standard InChI is InChI=1S/C18H25NO4/c1-22-17-8-3-2-5-13(17)11-18(21)19-9-10-23-12-15(19)14-6-4-7-16(14)20/h2-3,5,8,14-16,20H,4,6-7,9-12H2,1H3. The van der Waals surface area contributed by atoms with Gasteiger partial charge in [0, 0.05) is 18.0 Å². The van der Waals surface area contributed by atoms with Gasteiger partial charge >= 0.3 is 0 Å². The van der Waals surface area contributed by atoms with Crippen molar-refractivity contribution < 1.29 is 19.4 Å². The van der Waals surface area contributed by atoms with Crippen molar-refractivity contribution in [3.8, 4) is 5.75 Å². The zero-order chi connectivity index (χ0) is 16.2. The molecule has 1 heterocycles. The van der Waals surface area contributed by atoms with Crippen LogP contribution in [-0.4, -0.2) is 54.9 Å². The van der Waals surface area contributed by atoms with Crippen LogP contribution >= 0.6 is 0 Å². The summed E-state index contributed by atoms with van der Waals surface area (Å²) in [4.78, 5) is 14.8. The number of ether oxygens (including phenoxy) is 2. The monoisotopic (exact) mass is 319 g/mol. The van der Waals surface area contributed by atoms with Crippen LogP contribution in [-0.2, 0) is 16.0 Å². The molecule has 1 saturated carbocycles. The number of amides is 1. The smallest absolute Gasteiger partial charge is 0.227 e. The topological polar surface area (TPSA) is 59.0 Å². The second-order valence-corrected chi connectivity index (χ2v) is 6.38. The number of aliphatic hydroxyl groups excluding tert-OH is 1. The molecule has 1 N–H and O–H groups in total. The van der Waals surface area contributed by atoms with Crippen molar-refractivity contribution >= 4 is 5.91 Å². The largest absolute Gasteiger partial charge is 0.496 e. The van der Waals surface area contributed by atoms with Gasteiger partial charge in [0.15, 0.2) is 0 Å². The van der Waals surface area contributed by atoms with Crippen LogP contribution in [0.25, 0.3) is 0 Å². The third-order valence-corrected chi connectivity index (χ3v) is 5.05. The Morgan fingerprint density at radius 1 is 1.39 bits per heavy atom. The van der Waals surface area contributed by atoms with E-state index in [-0.39, 0.29) is 24.0 Å². The van der Waals surface area contributed by atoms with Crippen molar-refractivity contribution in [1.82, 2.24) is 4.90 Å². The quantitative estimate of drug-likeness (QED) is 0.916. The lowest BCUT2D eigenvalue weighted by atomic mass is 9.93. The Kier molecular flexibility index (Phi) is 5.18. The Hall–Kier alpha value is -1.59. The van der Waals surface area contributed by atoms with Crippen LogP contribution in [0.1, 0.15) is 24.8 Å². The van der Waals surface area contributed by atoms with Gasteiger partial charge in [-0.25, -0.2) is 0 Å². The Balaban J connectivity index is 1.73. The van der Waals surface area contributed by atoms with Gasteiger partial charge in [0.1, 0.15) is 5.75 Å². The molecule has 3 unspecified atom stereocenters. The molecule has 0 aromatic heterocycles. The molecule has 1 aliphatic carbocycles. The zero-order valence-electron chi connectivity index (χ0n) is 13.6. The third-order valence-electron chi connectivity index (χ3n) is 5.05. The van der Waals surface area contributed by atoms with E-state index >= 15 is 0 Å². The Bertz CT molecular complexity index is 548. The van der Waals surface area contributed by atoms with Gasteiger partial charge in [0.25, 0.3) is 0 Å². The molecule has 5 nitrogen and oxygen atoms in total. The number of nitrogens with zero attached hydrogens (tertiary/aromatic N) is 1. The first-order valence-electron chi connectivity index (χ1n) is 8.38. The van der Waals surface area contributed by atoms with Crippen LogP contribution in [0.3, 0.4) is 0 Å². The number of benzene rings is 1. The summed E-state index contributed by atoms with van der Waals surface area (Å²) in [6.45, 7) is 1.69. The molecule has 126 valence electrons. The Morgan fingerprint density at radius 3 is 2.96 bits per heavy atom. The molecule has 3 rings (SSSR count). The second-order valence-electron chi connectivity index (χ2n) is 6.38. The minimum atomic E-state index is -0.316. The summed E-state index contributed by atoms with van der Waals surface area (Å²) in [5.74, 6) is 0.963. The van der Waals surface area contributed by atoms with Gasteiger partial charge in [-0.3, -0.25) is 4.79 Å². The van der Waals surface area contributed by atoms with Crippen molar-refractivity contribution in [2.45, 2.75) is 37.8 Å². The van der Waals surface area contributed by atoms with Gasteiger partial charge in [0.2, 0.25) is 5.91 Å². The highest BCUT2D eigenvalue weighted by Crippen LogP contribution is 2.32. The van der Waals surface area contributed by atoms with E-state index in [1.54, 1.807) is 7.11 Å². The summed E-state index contributed by atoms with van der Waals surface area (Å²) in [5.41, 5.74) is 0.900. The number of methoxy groups -OCH3 is 1. The average molecular weight is 319 g/mol. The van der Waals surface area contributed by atoms with Gasteiger partial charge in [-0.15, -0.1) is 0 Å².